The van der Waals surface area contributed by atoms with Gasteiger partial charge in [0.25, 0.3) is 5.69 Å². The van der Waals surface area contributed by atoms with Gasteiger partial charge in [0.1, 0.15) is 6.61 Å². The second-order valence-electron chi connectivity index (χ2n) is 3.71. The first-order chi connectivity index (χ1) is 9.43. The molecule has 0 aliphatic carbocycles. The number of halogens is 2. The molecule has 1 aromatic carbocycles. The first kappa shape index (κ1) is 15.0. The normalized spacial score (nSPS) is 10.8. The van der Waals surface area contributed by atoms with Crippen molar-refractivity contribution in [3.05, 3.63) is 38.1 Å². The Bertz CT molecular complexity index is 654. The Morgan fingerprint density at radius 1 is 1.40 bits per heavy atom. The van der Waals surface area contributed by atoms with Gasteiger partial charge in [0.05, 0.1) is 19.9 Å². The summed E-state index contributed by atoms with van der Waals surface area (Å²) in [5.74, 6) is 0.390. The molecule has 0 amide bonds. The summed E-state index contributed by atoms with van der Waals surface area (Å²) in [5, 5.41) is 28.2. The van der Waals surface area contributed by atoms with Crippen molar-refractivity contribution in [3.63, 3.8) is 0 Å². The number of nitro benzene ring substituents is 1. The molecule has 0 spiro atoms. The van der Waals surface area contributed by atoms with E-state index in [0.717, 1.165) is 11.8 Å². The number of benzene rings is 1. The van der Waals surface area contributed by atoms with E-state index < -0.39 is 4.92 Å². The lowest BCUT2D eigenvalue weighted by Gasteiger charge is -2.06. The fraction of sp³-hybridized carbons (Fsp3) is 0.200. The Balaban J connectivity index is 2.38. The van der Waals surface area contributed by atoms with Crippen LogP contribution >= 0.6 is 35.0 Å². The van der Waals surface area contributed by atoms with Crippen LogP contribution in [0.2, 0.25) is 10.0 Å². The number of aromatic nitrogens is 3. The van der Waals surface area contributed by atoms with Gasteiger partial charge in [-0.2, -0.15) is 0 Å². The number of aliphatic hydroxyl groups is 1. The van der Waals surface area contributed by atoms with Gasteiger partial charge in [0, 0.05) is 19.2 Å². The van der Waals surface area contributed by atoms with E-state index in [1.54, 1.807) is 11.6 Å². The largest absolute Gasteiger partial charge is 0.388 e. The molecule has 0 radical (unpaired) electrons. The number of hydrogen-bond donors (Lipinski definition) is 1. The third-order valence-electron chi connectivity index (χ3n) is 2.45. The number of nitrogens with zero attached hydrogens (tertiary/aromatic N) is 4. The topological polar surface area (TPSA) is 94.1 Å². The molecule has 20 heavy (non-hydrogen) atoms. The second-order valence-corrected chi connectivity index (χ2v) is 5.51. The van der Waals surface area contributed by atoms with Gasteiger partial charge < -0.3 is 9.67 Å². The van der Waals surface area contributed by atoms with Crippen LogP contribution in [0.1, 0.15) is 5.82 Å². The summed E-state index contributed by atoms with van der Waals surface area (Å²) >= 11 is 13.1. The molecule has 0 atom stereocenters. The van der Waals surface area contributed by atoms with Gasteiger partial charge in [-0.15, -0.1) is 10.2 Å². The average Bonchev–Trinajstić information content (AvgIpc) is 2.74. The van der Waals surface area contributed by atoms with E-state index in [2.05, 4.69) is 10.2 Å². The quantitative estimate of drug-likeness (QED) is 0.682. The zero-order valence-corrected chi connectivity index (χ0v) is 12.4. The van der Waals surface area contributed by atoms with Crippen LogP contribution in [0.4, 0.5) is 5.69 Å². The predicted molar refractivity (Wildman–Crippen MR) is 74.2 cm³/mol. The zero-order chi connectivity index (χ0) is 14.9. The highest BCUT2D eigenvalue weighted by Crippen LogP contribution is 2.40. The summed E-state index contributed by atoms with van der Waals surface area (Å²) in [7, 11) is 1.68. The number of rotatable bonds is 4. The molecule has 1 N–H and O–H groups in total. The summed E-state index contributed by atoms with van der Waals surface area (Å²) in [5.41, 5.74) is -0.182. The van der Waals surface area contributed by atoms with Crippen molar-refractivity contribution in [1.29, 1.82) is 0 Å². The first-order valence-corrected chi connectivity index (χ1v) is 6.81. The molecule has 0 saturated heterocycles. The lowest BCUT2D eigenvalue weighted by molar-refractivity contribution is -0.384. The van der Waals surface area contributed by atoms with Crippen LogP contribution in [0.5, 0.6) is 0 Å². The molecule has 2 rings (SSSR count). The van der Waals surface area contributed by atoms with E-state index in [1.807, 2.05) is 0 Å². The maximum Gasteiger partial charge on any atom is 0.272 e. The van der Waals surface area contributed by atoms with Gasteiger partial charge in [-0.05, 0) is 11.8 Å². The molecule has 0 unspecified atom stereocenters. The number of non-ortho nitro benzene ring substituents is 1. The first-order valence-electron chi connectivity index (χ1n) is 5.24. The van der Waals surface area contributed by atoms with Crippen molar-refractivity contribution < 1.29 is 10.0 Å². The summed E-state index contributed by atoms with van der Waals surface area (Å²) in [6, 6.07) is 2.44. The predicted octanol–water partition coefficient (Wildman–Crippen LogP) is 2.67. The van der Waals surface area contributed by atoms with Crippen molar-refractivity contribution in [2.45, 2.75) is 16.7 Å². The molecule has 2 aromatic rings. The van der Waals surface area contributed by atoms with Gasteiger partial charge in [0.2, 0.25) is 0 Å². The van der Waals surface area contributed by atoms with E-state index in [0.29, 0.717) is 15.9 Å². The minimum Gasteiger partial charge on any atom is -0.388 e. The monoisotopic (exact) mass is 334 g/mol. The van der Waals surface area contributed by atoms with Crippen molar-refractivity contribution >= 4 is 40.7 Å². The maximum absolute atomic E-state index is 10.7. The van der Waals surface area contributed by atoms with Crippen molar-refractivity contribution in [2.75, 3.05) is 0 Å². The minimum absolute atomic E-state index is 0.155. The van der Waals surface area contributed by atoms with Gasteiger partial charge in [-0.1, -0.05) is 23.2 Å². The lowest BCUT2D eigenvalue weighted by atomic mass is 10.3. The van der Waals surface area contributed by atoms with E-state index in [1.165, 1.54) is 12.1 Å². The Hall–Kier alpha value is -1.35. The summed E-state index contributed by atoms with van der Waals surface area (Å²) in [6.07, 6.45) is 0. The third-order valence-corrected chi connectivity index (χ3v) is 4.46. The minimum atomic E-state index is -0.571. The molecule has 106 valence electrons. The highest BCUT2D eigenvalue weighted by molar-refractivity contribution is 7.99. The van der Waals surface area contributed by atoms with Crippen LogP contribution in [0.15, 0.2) is 22.2 Å². The summed E-state index contributed by atoms with van der Waals surface area (Å²) < 4.78 is 1.58. The van der Waals surface area contributed by atoms with Crippen LogP contribution in [-0.2, 0) is 13.7 Å². The molecule has 0 saturated carbocycles. The molecule has 1 heterocycles. The van der Waals surface area contributed by atoms with Gasteiger partial charge >= 0.3 is 0 Å². The molecule has 0 bridgehead atoms. The Kier molecular flexibility index (Phi) is 4.48. The fourth-order valence-electron chi connectivity index (χ4n) is 1.41. The van der Waals surface area contributed by atoms with Crippen LogP contribution in [0.25, 0.3) is 0 Å². The van der Waals surface area contributed by atoms with Crippen LogP contribution in [0.3, 0.4) is 0 Å². The summed E-state index contributed by atoms with van der Waals surface area (Å²) in [4.78, 5) is 10.6. The molecular formula is C10H8Cl2N4O3S. The van der Waals surface area contributed by atoms with Gasteiger partial charge in [0.15, 0.2) is 11.0 Å². The number of hydrogen-bond acceptors (Lipinski definition) is 6. The molecule has 0 aliphatic rings. The number of nitro groups is 1. The van der Waals surface area contributed by atoms with E-state index in [-0.39, 0.29) is 22.3 Å². The Labute approximate surface area is 127 Å². The molecule has 1 aromatic heterocycles. The molecule has 0 aliphatic heterocycles. The Morgan fingerprint density at radius 3 is 2.45 bits per heavy atom. The maximum atomic E-state index is 10.7. The van der Waals surface area contributed by atoms with E-state index in [9.17, 15) is 10.1 Å². The second kappa shape index (κ2) is 5.96. The molecule has 10 heteroatoms. The highest BCUT2D eigenvalue weighted by Gasteiger charge is 2.18. The van der Waals surface area contributed by atoms with Crippen LogP contribution < -0.4 is 0 Å². The fourth-order valence-corrected chi connectivity index (χ4v) is 2.94. The molecule has 0 fully saturated rings. The average molecular weight is 335 g/mol. The summed E-state index contributed by atoms with van der Waals surface area (Å²) in [6.45, 7) is -0.244. The third kappa shape index (κ3) is 2.88. The van der Waals surface area contributed by atoms with Crippen LogP contribution in [-0.4, -0.2) is 24.8 Å². The molecular weight excluding hydrogens is 327 g/mol. The SMILES string of the molecule is Cn1c(CO)nnc1Sc1c(Cl)cc([N+](=O)[O-])cc1Cl. The molecule has 7 nitrogen and oxygen atoms in total. The van der Waals surface area contributed by atoms with Crippen molar-refractivity contribution in [3.8, 4) is 0 Å². The zero-order valence-electron chi connectivity index (χ0n) is 10.1. The Morgan fingerprint density at radius 2 is 2.00 bits per heavy atom. The highest BCUT2D eigenvalue weighted by atomic mass is 35.5. The van der Waals surface area contributed by atoms with E-state index >= 15 is 0 Å². The standard InChI is InChI=1S/C10H8Cl2N4O3S/c1-15-8(4-17)13-14-10(15)20-9-6(11)2-5(16(18)19)3-7(9)12/h2-3,17H,4H2,1H3. The van der Waals surface area contributed by atoms with Crippen molar-refractivity contribution in [2.24, 2.45) is 7.05 Å². The number of aliphatic hydroxyl groups excluding tert-OH is 1. The van der Waals surface area contributed by atoms with Crippen LogP contribution in [0, 0.1) is 10.1 Å². The van der Waals surface area contributed by atoms with Gasteiger partial charge in [-0.3, -0.25) is 10.1 Å². The van der Waals surface area contributed by atoms with Crippen molar-refractivity contribution in [1.82, 2.24) is 14.8 Å². The van der Waals surface area contributed by atoms with Gasteiger partial charge in [-0.25, -0.2) is 0 Å². The lowest BCUT2D eigenvalue weighted by Crippen LogP contribution is -1.98. The van der Waals surface area contributed by atoms with E-state index in [4.69, 9.17) is 28.3 Å². The smallest absolute Gasteiger partial charge is 0.272 e.